The van der Waals surface area contributed by atoms with Crippen LogP contribution in [0.4, 0.5) is 10.6 Å². The van der Waals surface area contributed by atoms with E-state index < -0.39 is 18.0 Å². The van der Waals surface area contributed by atoms with E-state index in [9.17, 15) is 4.79 Å². The van der Waals surface area contributed by atoms with Crippen LogP contribution in [0.25, 0.3) is 0 Å². The summed E-state index contributed by atoms with van der Waals surface area (Å²) in [5, 5.41) is 2.88. The number of nitrogens with one attached hydrogen (secondary N) is 1. The molecule has 2 fully saturated rings. The molecule has 0 spiro atoms. The van der Waals surface area contributed by atoms with E-state index in [0.717, 1.165) is 28.0 Å². The second-order valence-electron chi connectivity index (χ2n) is 13.8. The minimum atomic E-state index is -0.879. The number of benzene rings is 4. The van der Waals surface area contributed by atoms with Gasteiger partial charge in [-0.1, -0.05) is 91.0 Å². The Labute approximate surface area is 305 Å². The van der Waals surface area contributed by atoms with Crippen LogP contribution >= 0.6 is 0 Å². The summed E-state index contributed by atoms with van der Waals surface area (Å²) in [6.07, 6.45) is 1.89. The largest absolute Gasteiger partial charge is 0.497 e. The van der Waals surface area contributed by atoms with E-state index in [4.69, 9.17) is 14.2 Å². The first kappa shape index (κ1) is 34.9. The lowest BCUT2D eigenvalue weighted by Gasteiger charge is -2.37. The minimum Gasteiger partial charge on any atom is -0.497 e. The van der Waals surface area contributed by atoms with Gasteiger partial charge in [-0.05, 0) is 85.3 Å². The van der Waals surface area contributed by atoms with Crippen LogP contribution in [0.1, 0.15) is 46.5 Å². The van der Waals surface area contributed by atoms with Crippen LogP contribution in [0.5, 0.6) is 5.75 Å². The fourth-order valence-electron chi connectivity index (χ4n) is 7.35. The monoisotopic (exact) mass is 696 g/mol. The first-order chi connectivity index (χ1) is 25.3. The summed E-state index contributed by atoms with van der Waals surface area (Å²) in [5.41, 5.74) is 4.41. The molecule has 1 aromatic heterocycles. The van der Waals surface area contributed by atoms with Gasteiger partial charge in [-0.2, -0.15) is 0 Å². The number of carbonyl (C=O) groups is 2. The van der Waals surface area contributed by atoms with Crippen molar-refractivity contribution in [3.8, 4) is 5.75 Å². The van der Waals surface area contributed by atoms with E-state index in [2.05, 4.69) is 34.6 Å². The Hall–Kier alpha value is -5.51. The number of aromatic nitrogens is 1. The molecule has 1 N–H and O–H groups in total. The highest BCUT2D eigenvalue weighted by Crippen LogP contribution is 2.40. The molecule has 3 heterocycles. The van der Waals surface area contributed by atoms with Crippen molar-refractivity contribution in [3.63, 3.8) is 0 Å². The number of amides is 3. The van der Waals surface area contributed by atoms with Crippen molar-refractivity contribution in [1.29, 1.82) is 0 Å². The summed E-state index contributed by atoms with van der Waals surface area (Å²) in [7, 11) is 1.64. The highest BCUT2D eigenvalue weighted by atomic mass is 16.8. The summed E-state index contributed by atoms with van der Waals surface area (Å²) in [5.74, 6) is 0.0308. The Bertz CT molecular complexity index is 1970. The summed E-state index contributed by atoms with van der Waals surface area (Å²) < 4.78 is 19.2. The maximum absolute atomic E-state index is 15.4. The molecule has 4 atom stereocenters. The second kappa shape index (κ2) is 15.4. The Morgan fingerprint density at radius 1 is 0.712 bits per heavy atom. The highest BCUT2D eigenvalue weighted by Gasteiger charge is 2.55. The van der Waals surface area contributed by atoms with Crippen LogP contribution in [-0.4, -0.2) is 63.9 Å². The minimum absolute atomic E-state index is 0.132. The Balaban J connectivity index is 1.31. The third-order valence-corrected chi connectivity index (χ3v) is 9.73. The van der Waals surface area contributed by atoms with E-state index in [1.807, 2.05) is 109 Å². The van der Waals surface area contributed by atoms with Gasteiger partial charge in [-0.3, -0.25) is 4.79 Å². The molecule has 9 nitrogen and oxygen atoms in total. The first-order valence-corrected chi connectivity index (χ1v) is 17.7. The predicted octanol–water partition coefficient (Wildman–Crippen LogP) is 7.52. The van der Waals surface area contributed by atoms with E-state index in [1.165, 1.54) is 0 Å². The van der Waals surface area contributed by atoms with Crippen molar-refractivity contribution in [3.05, 3.63) is 161 Å². The number of nitrogens with zero attached hydrogens (tertiary/aromatic N) is 3. The van der Waals surface area contributed by atoms with Crippen molar-refractivity contribution < 1.29 is 23.8 Å². The maximum atomic E-state index is 15.4. The Morgan fingerprint density at radius 2 is 1.25 bits per heavy atom. The molecule has 5 aromatic rings. The molecule has 9 heteroatoms. The van der Waals surface area contributed by atoms with Gasteiger partial charge in [0.1, 0.15) is 23.8 Å². The fourth-order valence-corrected chi connectivity index (χ4v) is 7.35. The third kappa shape index (κ3) is 8.01. The molecule has 7 rings (SSSR count). The van der Waals surface area contributed by atoms with Gasteiger partial charge in [0.2, 0.25) is 0 Å². The van der Waals surface area contributed by atoms with Crippen LogP contribution < -0.4 is 10.1 Å². The standard InChI is InChI=1S/C43H44N4O5/c1-43(2)51-39-36(26-30-14-6-4-7-15-30)46(28-32-18-12-20-34(24-32)41(48)45-38-22-10-11-23-44-38)42(49)47(29-33-19-13-21-35(25-33)50-3)37(40(39)52-43)27-31-16-8-5-9-17-31/h4-25,36-37,39-40H,26-29H2,1-3H3,(H,44,45,48)/t36-,37-,39+,40+/m1/s1. The van der Waals surface area contributed by atoms with E-state index >= 15 is 4.79 Å². The molecule has 4 aromatic carbocycles. The summed E-state index contributed by atoms with van der Waals surface area (Å²) in [6.45, 7) is 4.48. The molecule has 0 unspecified atom stereocenters. The topological polar surface area (TPSA) is 93.2 Å². The zero-order chi connectivity index (χ0) is 36.1. The molecule has 3 amide bonds. The number of rotatable bonds is 11. The van der Waals surface area contributed by atoms with Gasteiger partial charge in [0.15, 0.2) is 5.79 Å². The number of fused-ring (bicyclic) bond motifs is 1. The molecule has 0 saturated carbocycles. The van der Waals surface area contributed by atoms with E-state index in [1.54, 1.807) is 31.5 Å². The first-order valence-electron chi connectivity index (χ1n) is 17.7. The zero-order valence-electron chi connectivity index (χ0n) is 29.7. The smallest absolute Gasteiger partial charge is 0.321 e. The molecular weight excluding hydrogens is 652 g/mol. The van der Waals surface area contributed by atoms with Gasteiger partial charge >= 0.3 is 6.03 Å². The molecular formula is C43H44N4O5. The van der Waals surface area contributed by atoms with Gasteiger partial charge in [0.25, 0.3) is 5.91 Å². The fraction of sp³-hybridized carbons (Fsp3) is 0.279. The summed E-state index contributed by atoms with van der Waals surface area (Å²) >= 11 is 0. The van der Waals surface area contributed by atoms with Crippen molar-refractivity contribution in [2.75, 3.05) is 12.4 Å². The SMILES string of the molecule is COc1cccc(CN2C(=O)N(Cc3cccc(C(=O)Nc4ccccn4)c3)[C@H](Cc3ccccc3)[C@@H]3OC(C)(C)O[C@H]3[C@H]2Cc2ccccc2)c1. The summed E-state index contributed by atoms with van der Waals surface area (Å²) in [4.78, 5) is 36.8. The number of carbonyl (C=O) groups excluding carboxylic acids is 2. The number of hydrogen-bond donors (Lipinski definition) is 1. The lowest BCUT2D eigenvalue weighted by atomic mass is 9.91. The number of methoxy groups -OCH3 is 1. The maximum Gasteiger partial charge on any atom is 0.321 e. The average Bonchev–Trinajstić information content (AvgIpc) is 3.47. The number of urea groups is 1. The van der Waals surface area contributed by atoms with Gasteiger partial charge in [-0.25, -0.2) is 9.78 Å². The Morgan fingerprint density at radius 3 is 1.81 bits per heavy atom. The second-order valence-corrected chi connectivity index (χ2v) is 13.8. The quantitative estimate of drug-likeness (QED) is 0.154. The normalized spacial score (nSPS) is 20.9. The van der Waals surface area contributed by atoms with E-state index in [-0.39, 0.29) is 30.6 Å². The molecule has 52 heavy (non-hydrogen) atoms. The van der Waals surface area contributed by atoms with Crippen molar-refractivity contribution in [2.24, 2.45) is 0 Å². The number of ether oxygens (including phenoxy) is 3. The van der Waals surface area contributed by atoms with Crippen LogP contribution in [-0.2, 0) is 35.4 Å². The highest BCUT2D eigenvalue weighted by molar-refractivity contribution is 6.03. The van der Waals surface area contributed by atoms with Crippen molar-refractivity contribution >= 4 is 17.8 Å². The molecule has 2 saturated heterocycles. The van der Waals surface area contributed by atoms with Crippen LogP contribution in [0.2, 0.25) is 0 Å². The lowest BCUT2D eigenvalue weighted by molar-refractivity contribution is -0.157. The van der Waals surface area contributed by atoms with Crippen molar-refractivity contribution in [2.45, 2.75) is 69.9 Å². The zero-order valence-corrected chi connectivity index (χ0v) is 29.7. The molecule has 2 aliphatic rings. The van der Waals surface area contributed by atoms with Gasteiger partial charge in [0.05, 0.1) is 19.2 Å². The summed E-state index contributed by atoms with van der Waals surface area (Å²) in [6, 6.07) is 40.2. The number of pyridine rings is 1. The van der Waals surface area contributed by atoms with Crippen LogP contribution in [0.15, 0.2) is 134 Å². The molecule has 266 valence electrons. The Kier molecular flexibility index (Phi) is 10.3. The molecule has 0 bridgehead atoms. The van der Waals surface area contributed by atoms with Crippen molar-refractivity contribution in [1.82, 2.24) is 14.8 Å². The van der Waals surface area contributed by atoms with Gasteiger partial charge < -0.3 is 29.3 Å². The van der Waals surface area contributed by atoms with E-state index in [0.29, 0.717) is 30.8 Å². The molecule has 0 radical (unpaired) electrons. The van der Waals surface area contributed by atoms with Gasteiger partial charge in [-0.15, -0.1) is 0 Å². The number of anilines is 1. The van der Waals surface area contributed by atoms with Gasteiger partial charge in [0, 0.05) is 24.8 Å². The average molecular weight is 697 g/mol. The third-order valence-electron chi connectivity index (χ3n) is 9.73. The lowest BCUT2D eigenvalue weighted by Crippen LogP contribution is -2.51. The predicted molar refractivity (Wildman–Crippen MR) is 200 cm³/mol. The van der Waals surface area contributed by atoms with Crippen LogP contribution in [0.3, 0.4) is 0 Å². The molecule has 0 aliphatic carbocycles. The number of hydrogen-bond acceptors (Lipinski definition) is 6. The van der Waals surface area contributed by atoms with Crippen LogP contribution in [0, 0.1) is 0 Å². The molecule has 2 aliphatic heterocycles.